The topological polar surface area (TPSA) is 79.4 Å². The van der Waals surface area contributed by atoms with Gasteiger partial charge in [-0.25, -0.2) is 4.39 Å². The molecule has 1 aromatic carbocycles. The molecule has 9 heteroatoms. The fourth-order valence-corrected chi connectivity index (χ4v) is 2.96. The number of carbonyl (C=O) groups is 3. The molecule has 2 saturated heterocycles. The lowest BCUT2D eigenvalue weighted by molar-refractivity contribution is -0.155. The third kappa shape index (κ3) is 4.94. The number of amides is 3. The predicted octanol–water partition coefficient (Wildman–Crippen LogP) is -0.266. The van der Waals surface area contributed by atoms with Crippen LogP contribution in [0.3, 0.4) is 0 Å². The number of halogens is 1. The zero-order valence-electron chi connectivity index (χ0n) is 14.9. The Morgan fingerprint density at radius 2 is 1.37 bits per heavy atom. The maximum atomic E-state index is 12.9. The van der Waals surface area contributed by atoms with Gasteiger partial charge in [-0.05, 0) is 24.3 Å². The van der Waals surface area contributed by atoms with Crippen molar-refractivity contribution in [3.63, 3.8) is 0 Å². The summed E-state index contributed by atoms with van der Waals surface area (Å²) in [5, 5.41) is 0. The second-order valence-corrected chi connectivity index (χ2v) is 6.32. The summed E-state index contributed by atoms with van der Waals surface area (Å²) >= 11 is 0. The molecule has 0 aliphatic carbocycles. The lowest BCUT2D eigenvalue weighted by Crippen LogP contribution is -2.56. The van der Waals surface area contributed by atoms with Gasteiger partial charge >= 0.3 is 11.8 Å². The zero-order chi connectivity index (χ0) is 19.2. The number of rotatable bonds is 3. The van der Waals surface area contributed by atoms with E-state index in [9.17, 15) is 18.8 Å². The fraction of sp³-hybridized carbons (Fsp3) is 0.500. The van der Waals surface area contributed by atoms with Crippen molar-refractivity contribution in [3.8, 4) is 5.75 Å². The second-order valence-electron chi connectivity index (χ2n) is 6.32. The van der Waals surface area contributed by atoms with E-state index < -0.39 is 11.8 Å². The summed E-state index contributed by atoms with van der Waals surface area (Å²) < 4.78 is 23.4. The quantitative estimate of drug-likeness (QED) is 0.676. The van der Waals surface area contributed by atoms with Gasteiger partial charge in [-0.15, -0.1) is 0 Å². The SMILES string of the molecule is O=C(COc1ccc(F)cc1)N1CCN(C(=O)C(=O)N2CCOCC2)CC1. The van der Waals surface area contributed by atoms with Gasteiger partial charge in [0.15, 0.2) is 6.61 Å². The summed E-state index contributed by atoms with van der Waals surface area (Å²) in [4.78, 5) is 41.4. The number of nitrogens with zero attached hydrogens (tertiary/aromatic N) is 3. The van der Waals surface area contributed by atoms with Gasteiger partial charge in [0, 0.05) is 39.3 Å². The van der Waals surface area contributed by atoms with Crippen LogP contribution in [0.15, 0.2) is 24.3 Å². The van der Waals surface area contributed by atoms with E-state index in [-0.39, 0.29) is 18.3 Å². The average Bonchev–Trinajstić information content (AvgIpc) is 2.73. The third-order valence-electron chi connectivity index (χ3n) is 4.58. The monoisotopic (exact) mass is 379 g/mol. The van der Waals surface area contributed by atoms with E-state index in [1.165, 1.54) is 34.1 Å². The second kappa shape index (κ2) is 8.81. The molecule has 0 atom stereocenters. The molecule has 1 aromatic rings. The van der Waals surface area contributed by atoms with Crippen molar-refractivity contribution in [2.45, 2.75) is 0 Å². The largest absolute Gasteiger partial charge is 0.484 e. The molecule has 8 nitrogen and oxygen atoms in total. The number of ether oxygens (including phenoxy) is 2. The summed E-state index contributed by atoms with van der Waals surface area (Å²) in [6, 6.07) is 5.43. The van der Waals surface area contributed by atoms with Gasteiger partial charge in [-0.1, -0.05) is 0 Å². The highest BCUT2D eigenvalue weighted by atomic mass is 19.1. The molecule has 27 heavy (non-hydrogen) atoms. The van der Waals surface area contributed by atoms with Gasteiger partial charge in [0.2, 0.25) is 0 Å². The zero-order valence-corrected chi connectivity index (χ0v) is 14.9. The van der Waals surface area contributed by atoms with E-state index in [1.807, 2.05) is 0 Å². The lowest BCUT2D eigenvalue weighted by Gasteiger charge is -2.35. The van der Waals surface area contributed by atoms with E-state index >= 15 is 0 Å². The van der Waals surface area contributed by atoms with Crippen LogP contribution >= 0.6 is 0 Å². The molecule has 2 aliphatic rings. The number of carbonyl (C=O) groups excluding carboxylic acids is 3. The maximum Gasteiger partial charge on any atom is 0.312 e. The van der Waals surface area contributed by atoms with Crippen LogP contribution in [-0.2, 0) is 19.1 Å². The summed E-state index contributed by atoms with van der Waals surface area (Å²) in [7, 11) is 0. The molecule has 0 radical (unpaired) electrons. The van der Waals surface area contributed by atoms with E-state index in [1.54, 1.807) is 4.90 Å². The minimum absolute atomic E-state index is 0.160. The Morgan fingerprint density at radius 3 is 1.96 bits per heavy atom. The highest BCUT2D eigenvalue weighted by Gasteiger charge is 2.31. The molecule has 0 N–H and O–H groups in total. The van der Waals surface area contributed by atoms with Crippen LogP contribution in [-0.4, -0.2) is 91.5 Å². The van der Waals surface area contributed by atoms with E-state index in [0.717, 1.165) is 0 Å². The molecule has 0 saturated carbocycles. The Balaban J connectivity index is 1.43. The Labute approximate surface area is 156 Å². The third-order valence-corrected chi connectivity index (χ3v) is 4.58. The average molecular weight is 379 g/mol. The van der Waals surface area contributed by atoms with Gasteiger partial charge in [-0.2, -0.15) is 0 Å². The predicted molar refractivity (Wildman–Crippen MR) is 92.5 cm³/mol. The highest BCUT2D eigenvalue weighted by molar-refractivity contribution is 6.34. The van der Waals surface area contributed by atoms with Crippen molar-refractivity contribution in [3.05, 3.63) is 30.1 Å². The molecule has 0 aromatic heterocycles. The fourth-order valence-electron chi connectivity index (χ4n) is 2.96. The molecule has 0 spiro atoms. The maximum absolute atomic E-state index is 12.9. The van der Waals surface area contributed by atoms with Gasteiger partial charge in [-0.3, -0.25) is 14.4 Å². The van der Waals surface area contributed by atoms with E-state index in [4.69, 9.17) is 9.47 Å². The van der Waals surface area contributed by atoms with Gasteiger partial charge in [0.05, 0.1) is 13.2 Å². The minimum Gasteiger partial charge on any atom is -0.484 e. The van der Waals surface area contributed by atoms with Crippen molar-refractivity contribution in [1.82, 2.24) is 14.7 Å². The molecule has 0 bridgehead atoms. The Hall–Kier alpha value is -2.68. The van der Waals surface area contributed by atoms with Crippen molar-refractivity contribution in [2.24, 2.45) is 0 Å². The van der Waals surface area contributed by atoms with Crippen molar-refractivity contribution < 1.29 is 28.2 Å². The summed E-state index contributed by atoms with van der Waals surface area (Å²) in [5.74, 6) is -1.23. The first-order valence-corrected chi connectivity index (χ1v) is 8.86. The standard InChI is InChI=1S/C18H22FN3O5/c19-14-1-3-15(4-2-14)27-13-16(23)20-5-7-21(8-6-20)17(24)18(25)22-9-11-26-12-10-22/h1-4H,5-13H2. The van der Waals surface area contributed by atoms with Crippen LogP contribution in [0.5, 0.6) is 5.75 Å². The van der Waals surface area contributed by atoms with Crippen LogP contribution in [0.25, 0.3) is 0 Å². The van der Waals surface area contributed by atoms with Crippen molar-refractivity contribution >= 4 is 17.7 Å². The van der Waals surface area contributed by atoms with Gasteiger partial charge in [0.25, 0.3) is 5.91 Å². The molecule has 2 fully saturated rings. The molecule has 2 aliphatic heterocycles. The number of hydrogen-bond donors (Lipinski definition) is 0. The minimum atomic E-state index is -0.536. The molecule has 146 valence electrons. The number of piperazine rings is 1. The first-order chi connectivity index (χ1) is 13.0. The first-order valence-electron chi connectivity index (χ1n) is 8.86. The van der Waals surface area contributed by atoms with Crippen LogP contribution in [0.1, 0.15) is 0 Å². The number of morpholine rings is 1. The Morgan fingerprint density at radius 1 is 0.852 bits per heavy atom. The first kappa shape index (κ1) is 19.1. The van der Waals surface area contributed by atoms with E-state index in [2.05, 4.69) is 0 Å². The summed E-state index contributed by atoms with van der Waals surface area (Å²) in [6.45, 7) is 2.85. The van der Waals surface area contributed by atoms with Gasteiger partial charge < -0.3 is 24.2 Å². The molecule has 3 rings (SSSR count). The highest BCUT2D eigenvalue weighted by Crippen LogP contribution is 2.12. The molecule has 2 heterocycles. The van der Waals surface area contributed by atoms with Crippen molar-refractivity contribution in [2.75, 3.05) is 59.1 Å². The smallest absolute Gasteiger partial charge is 0.312 e. The summed E-state index contributed by atoms with van der Waals surface area (Å²) in [5.41, 5.74) is 0. The normalized spacial score (nSPS) is 17.6. The summed E-state index contributed by atoms with van der Waals surface area (Å²) in [6.07, 6.45) is 0. The van der Waals surface area contributed by atoms with Crippen LogP contribution in [0.2, 0.25) is 0 Å². The van der Waals surface area contributed by atoms with Crippen molar-refractivity contribution in [1.29, 1.82) is 0 Å². The number of benzene rings is 1. The van der Waals surface area contributed by atoms with E-state index in [0.29, 0.717) is 58.2 Å². The van der Waals surface area contributed by atoms with Crippen LogP contribution < -0.4 is 4.74 Å². The van der Waals surface area contributed by atoms with Crippen LogP contribution in [0, 0.1) is 5.82 Å². The molecular formula is C18H22FN3O5. The Bertz CT molecular complexity index is 683. The molecule has 3 amide bonds. The lowest BCUT2D eigenvalue weighted by atomic mass is 10.3. The molecular weight excluding hydrogens is 357 g/mol. The number of hydrogen-bond acceptors (Lipinski definition) is 5. The van der Waals surface area contributed by atoms with Gasteiger partial charge in [0.1, 0.15) is 11.6 Å². The molecule has 0 unspecified atom stereocenters. The Kier molecular flexibility index (Phi) is 6.23. The van der Waals surface area contributed by atoms with Crippen LogP contribution in [0.4, 0.5) is 4.39 Å².